The highest BCUT2D eigenvalue weighted by Gasteiger charge is 2.28. The van der Waals surface area contributed by atoms with E-state index < -0.39 is 0 Å². The third kappa shape index (κ3) is 2.47. The number of carbonyl (C=O) groups excluding carboxylic acids is 1. The summed E-state index contributed by atoms with van der Waals surface area (Å²) in [6.45, 7) is 4.17. The van der Waals surface area contributed by atoms with Crippen molar-refractivity contribution >= 4 is 23.5 Å². The smallest absolute Gasteiger partial charge is 0.237 e. The number of anilines is 1. The Morgan fingerprint density at radius 1 is 1.19 bits per heavy atom. The van der Waals surface area contributed by atoms with Gasteiger partial charge in [-0.1, -0.05) is 43.3 Å². The first-order valence-electron chi connectivity index (χ1n) is 7.23. The molecule has 0 fully saturated rings. The van der Waals surface area contributed by atoms with Crippen molar-refractivity contribution in [2.45, 2.75) is 26.2 Å². The predicted octanol–water partition coefficient (Wildman–Crippen LogP) is 4.00. The van der Waals surface area contributed by atoms with E-state index in [1.54, 1.807) is 6.21 Å². The maximum absolute atomic E-state index is 12.1. The fourth-order valence-electron chi connectivity index (χ4n) is 2.72. The minimum Gasteiger partial charge on any atom is -0.325 e. The average molecular weight is 278 g/mol. The number of aliphatic imine (C=N–C) groups is 1. The van der Waals surface area contributed by atoms with Crippen LogP contribution in [-0.4, -0.2) is 12.1 Å². The van der Waals surface area contributed by atoms with Crippen molar-refractivity contribution in [3.05, 3.63) is 59.2 Å². The van der Waals surface area contributed by atoms with Gasteiger partial charge in [-0.3, -0.25) is 9.79 Å². The summed E-state index contributed by atoms with van der Waals surface area (Å²) >= 11 is 0. The Hall–Kier alpha value is -2.42. The van der Waals surface area contributed by atoms with Crippen LogP contribution in [-0.2, 0) is 11.2 Å². The molecule has 0 saturated heterocycles. The van der Waals surface area contributed by atoms with Crippen molar-refractivity contribution in [1.82, 2.24) is 0 Å². The van der Waals surface area contributed by atoms with Crippen LogP contribution in [0.4, 0.5) is 11.4 Å². The molecule has 106 valence electrons. The van der Waals surface area contributed by atoms with Gasteiger partial charge in [-0.25, -0.2) is 0 Å². The largest absolute Gasteiger partial charge is 0.325 e. The number of fused-ring (bicyclic) bond motifs is 1. The van der Waals surface area contributed by atoms with E-state index in [1.165, 1.54) is 5.56 Å². The first-order chi connectivity index (χ1) is 10.2. The highest BCUT2D eigenvalue weighted by atomic mass is 16.2. The van der Waals surface area contributed by atoms with Crippen LogP contribution in [0, 0.1) is 6.92 Å². The number of nitrogens with one attached hydrogen (secondary N) is 1. The maximum Gasteiger partial charge on any atom is 0.237 e. The van der Waals surface area contributed by atoms with Crippen LogP contribution in [0.15, 0.2) is 47.5 Å². The highest BCUT2D eigenvalue weighted by molar-refractivity contribution is 6.12. The van der Waals surface area contributed by atoms with Crippen LogP contribution < -0.4 is 5.32 Å². The van der Waals surface area contributed by atoms with Crippen molar-refractivity contribution in [1.29, 1.82) is 0 Å². The Morgan fingerprint density at radius 3 is 2.81 bits per heavy atom. The van der Waals surface area contributed by atoms with E-state index in [0.717, 1.165) is 28.9 Å². The number of aryl methyl sites for hydroxylation is 2. The van der Waals surface area contributed by atoms with E-state index in [9.17, 15) is 4.79 Å². The first kappa shape index (κ1) is 13.6. The van der Waals surface area contributed by atoms with Crippen LogP contribution in [0.2, 0.25) is 0 Å². The van der Waals surface area contributed by atoms with Crippen LogP contribution in [0.3, 0.4) is 0 Å². The molecule has 21 heavy (non-hydrogen) atoms. The second kappa shape index (κ2) is 5.52. The van der Waals surface area contributed by atoms with Crippen molar-refractivity contribution in [3.63, 3.8) is 0 Å². The fraction of sp³-hybridized carbons (Fsp3) is 0.222. The molecular formula is C18H18N2O. The molecule has 1 atom stereocenters. The van der Waals surface area contributed by atoms with Crippen LogP contribution in [0.1, 0.15) is 29.5 Å². The number of nitrogens with zero attached hydrogens (tertiary/aromatic N) is 1. The van der Waals surface area contributed by atoms with Crippen molar-refractivity contribution in [2.24, 2.45) is 4.99 Å². The molecule has 2 aromatic rings. The van der Waals surface area contributed by atoms with Gasteiger partial charge in [0.15, 0.2) is 0 Å². The Kier molecular flexibility index (Phi) is 3.57. The second-order valence-corrected chi connectivity index (χ2v) is 5.27. The van der Waals surface area contributed by atoms with Gasteiger partial charge >= 0.3 is 0 Å². The lowest BCUT2D eigenvalue weighted by Gasteiger charge is -2.07. The zero-order valence-electron chi connectivity index (χ0n) is 12.3. The SMILES string of the molecule is CCc1cccc(C)c1N=CC1C(=O)Nc2ccccc21. The number of rotatable bonds is 3. The van der Waals surface area contributed by atoms with Gasteiger partial charge in [0.25, 0.3) is 0 Å². The summed E-state index contributed by atoms with van der Waals surface area (Å²) in [6.07, 6.45) is 2.70. The van der Waals surface area contributed by atoms with E-state index in [-0.39, 0.29) is 11.8 Å². The van der Waals surface area contributed by atoms with Gasteiger partial charge in [0.1, 0.15) is 5.92 Å². The van der Waals surface area contributed by atoms with Gasteiger partial charge < -0.3 is 5.32 Å². The second-order valence-electron chi connectivity index (χ2n) is 5.27. The predicted molar refractivity (Wildman–Crippen MR) is 86.5 cm³/mol. The van der Waals surface area contributed by atoms with Gasteiger partial charge in [-0.2, -0.15) is 0 Å². The summed E-state index contributed by atoms with van der Waals surface area (Å²) in [6, 6.07) is 14.0. The van der Waals surface area contributed by atoms with E-state index >= 15 is 0 Å². The summed E-state index contributed by atoms with van der Waals surface area (Å²) < 4.78 is 0. The minimum atomic E-state index is -0.300. The zero-order chi connectivity index (χ0) is 14.8. The Labute approximate surface area is 124 Å². The number of amides is 1. The van der Waals surface area contributed by atoms with Gasteiger partial charge in [0, 0.05) is 11.9 Å². The number of carbonyl (C=O) groups is 1. The molecule has 1 heterocycles. The molecule has 2 aromatic carbocycles. The van der Waals surface area contributed by atoms with Crippen molar-refractivity contribution < 1.29 is 4.79 Å². The lowest BCUT2D eigenvalue weighted by molar-refractivity contribution is -0.115. The van der Waals surface area contributed by atoms with Crippen LogP contribution in [0.25, 0.3) is 0 Å². The maximum atomic E-state index is 12.1. The van der Waals surface area contributed by atoms with E-state index in [1.807, 2.05) is 30.3 Å². The standard InChI is InChI=1S/C18H18N2O/c1-3-13-8-6-7-12(2)17(13)19-11-15-14-9-4-5-10-16(14)20-18(15)21/h4-11,15H,3H2,1-2H3,(H,20,21). The van der Waals surface area contributed by atoms with Gasteiger partial charge in [0.2, 0.25) is 5.91 Å². The zero-order valence-corrected chi connectivity index (χ0v) is 12.3. The molecule has 3 heteroatoms. The average Bonchev–Trinajstić information content (AvgIpc) is 2.81. The molecule has 1 amide bonds. The molecule has 1 aliphatic heterocycles. The van der Waals surface area contributed by atoms with Gasteiger partial charge in [-0.15, -0.1) is 0 Å². The first-order valence-corrected chi connectivity index (χ1v) is 7.23. The number of hydrogen-bond donors (Lipinski definition) is 1. The van der Waals surface area contributed by atoms with Gasteiger partial charge in [0.05, 0.1) is 5.69 Å². The minimum absolute atomic E-state index is 0.00779. The summed E-state index contributed by atoms with van der Waals surface area (Å²) in [5.74, 6) is -0.308. The molecule has 3 rings (SSSR count). The monoisotopic (exact) mass is 278 g/mol. The molecule has 0 aliphatic carbocycles. The fourth-order valence-corrected chi connectivity index (χ4v) is 2.72. The number of hydrogen-bond acceptors (Lipinski definition) is 2. The molecule has 3 nitrogen and oxygen atoms in total. The van der Waals surface area contributed by atoms with Gasteiger partial charge in [-0.05, 0) is 36.1 Å². The molecule has 1 unspecified atom stereocenters. The van der Waals surface area contributed by atoms with Crippen molar-refractivity contribution in [3.8, 4) is 0 Å². The molecule has 0 saturated carbocycles. The molecule has 0 aromatic heterocycles. The highest BCUT2D eigenvalue weighted by Crippen LogP contribution is 2.32. The van der Waals surface area contributed by atoms with Crippen molar-refractivity contribution in [2.75, 3.05) is 5.32 Å². The summed E-state index contributed by atoms with van der Waals surface area (Å²) in [4.78, 5) is 16.7. The third-order valence-electron chi connectivity index (χ3n) is 3.89. The van der Waals surface area contributed by atoms with E-state index in [0.29, 0.717) is 0 Å². The van der Waals surface area contributed by atoms with E-state index in [4.69, 9.17) is 0 Å². The Morgan fingerprint density at radius 2 is 2.00 bits per heavy atom. The number of benzene rings is 2. The normalized spacial score (nSPS) is 17.0. The quantitative estimate of drug-likeness (QED) is 0.847. The molecule has 0 radical (unpaired) electrons. The van der Waals surface area contributed by atoms with Crippen LogP contribution >= 0.6 is 0 Å². The molecule has 0 bridgehead atoms. The number of para-hydroxylation sites is 2. The summed E-state index contributed by atoms with van der Waals surface area (Å²) in [7, 11) is 0. The van der Waals surface area contributed by atoms with Crippen LogP contribution in [0.5, 0.6) is 0 Å². The van der Waals surface area contributed by atoms with E-state index in [2.05, 4.69) is 36.3 Å². The molecule has 1 N–H and O–H groups in total. The molecule has 0 spiro atoms. The summed E-state index contributed by atoms with van der Waals surface area (Å²) in [5, 5.41) is 2.90. The summed E-state index contributed by atoms with van der Waals surface area (Å²) in [5.41, 5.74) is 5.21. The Balaban J connectivity index is 1.96. The topological polar surface area (TPSA) is 41.5 Å². The lowest BCUT2D eigenvalue weighted by Crippen LogP contribution is -2.12. The lowest BCUT2D eigenvalue weighted by atomic mass is 10.0. The third-order valence-corrected chi connectivity index (χ3v) is 3.89. The Bertz CT molecular complexity index is 719. The molecular weight excluding hydrogens is 260 g/mol. The molecule has 1 aliphatic rings.